The lowest BCUT2D eigenvalue weighted by Gasteiger charge is -2.18. The highest BCUT2D eigenvalue weighted by Crippen LogP contribution is 2.42. The van der Waals surface area contributed by atoms with E-state index in [-0.39, 0.29) is 11.7 Å². The first kappa shape index (κ1) is 16.7. The van der Waals surface area contributed by atoms with E-state index in [1.165, 1.54) is 24.0 Å². The van der Waals surface area contributed by atoms with Crippen molar-refractivity contribution in [2.24, 2.45) is 0 Å². The van der Waals surface area contributed by atoms with Gasteiger partial charge < -0.3 is 9.47 Å². The second-order valence-corrected chi connectivity index (χ2v) is 7.74. The highest BCUT2D eigenvalue weighted by atomic mass is 16.7. The Bertz CT molecular complexity index is 883. The molecule has 2 aromatic rings. The molecule has 0 amide bonds. The van der Waals surface area contributed by atoms with E-state index < -0.39 is 0 Å². The number of rotatable bonds is 4. The summed E-state index contributed by atoms with van der Waals surface area (Å²) in [6.45, 7) is 0. The number of fused-ring (bicyclic) bond motifs is 1. The summed E-state index contributed by atoms with van der Waals surface area (Å²) >= 11 is 0. The third-order valence-electron chi connectivity index (χ3n) is 6.04. The lowest BCUT2D eigenvalue weighted by atomic mass is 10.00. The van der Waals surface area contributed by atoms with E-state index in [1.807, 2.05) is 6.07 Å². The van der Waals surface area contributed by atoms with E-state index in [1.54, 1.807) is 7.11 Å². The van der Waals surface area contributed by atoms with Gasteiger partial charge in [0.2, 0.25) is 0 Å². The number of aryl methyl sites for hydroxylation is 1. The maximum Gasteiger partial charge on any atom is 0.162 e. The molecule has 3 aliphatic rings. The molecule has 1 fully saturated rings. The lowest BCUT2D eigenvalue weighted by molar-refractivity contribution is -0.0289. The third kappa shape index (κ3) is 2.98. The quantitative estimate of drug-likeness (QED) is 0.834. The highest BCUT2D eigenvalue weighted by Gasteiger charge is 2.38. The molecular formula is C23H25NO3. The average Bonchev–Trinajstić information content (AvgIpc) is 3.44. The van der Waals surface area contributed by atoms with Crippen molar-refractivity contribution in [1.82, 2.24) is 5.48 Å². The van der Waals surface area contributed by atoms with Crippen LogP contribution in [0.2, 0.25) is 0 Å². The molecule has 0 saturated heterocycles. The van der Waals surface area contributed by atoms with Crippen LogP contribution in [0.3, 0.4) is 0 Å². The molecule has 0 aromatic heterocycles. The van der Waals surface area contributed by atoms with Crippen LogP contribution in [-0.2, 0) is 11.3 Å². The van der Waals surface area contributed by atoms with Crippen molar-refractivity contribution in [3.8, 4) is 11.5 Å². The van der Waals surface area contributed by atoms with Crippen LogP contribution in [-0.4, -0.2) is 12.7 Å². The first-order chi connectivity index (χ1) is 13.3. The second-order valence-electron chi connectivity index (χ2n) is 7.74. The van der Waals surface area contributed by atoms with E-state index in [4.69, 9.17) is 14.3 Å². The van der Waals surface area contributed by atoms with Gasteiger partial charge in [-0.05, 0) is 61.1 Å². The Morgan fingerprint density at radius 2 is 1.93 bits per heavy atom. The molecule has 0 radical (unpaired) electrons. The zero-order chi connectivity index (χ0) is 18.3. The molecule has 4 nitrogen and oxygen atoms in total. The van der Waals surface area contributed by atoms with Gasteiger partial charge in [0.15, 0.2) is 11.5 Å². The summed E-state index contributed by atoms with van der Waals surface area (Å²) in [5.41, 5.74) is 7.79. The van der Waals surface area contributed by atoms with Crippen LogP contribution in [0.25, 0.3) is 5.70 Å². The van der Waals surface area contributed by atoms with E-state index >= 15 is 0 Å². The first-order valence-electron chi connectivity index (χ1n) is 9.86. The minimum Gasteiger partial charge on any atom is -0.493 e. The van der Waals surface area contributed by atoms with Crippen molar-refractivity contribution in [3.05, 3.63) is 65.2 Å². The van der Waals surface area contributed by atoms with Gasteiger partial charge in [-0.3, -0.25) is 10.3 Å². The predicted molar refractivity (Wildman–Crippen MR) is 105 cm³/mol. The second kappa shape index (κ2) is 6.61. The van der Waals surface area contributed by atoms with Crippen LogP contribution in [0, 0.1) is 0 Å². The van der Waals surface area contributed by atoms with Crippen LogP contribution in [0.1, 0.15) is 54.9 Å². The van der Waals surface area contributed by atoms with Crippen molar-refractivity contribution in [3.63, 3.8) is 0 Å². The van der Waals surface area contributed by atoms with Gasteiger partial charge in [0.05, 0.1) is 12.8 Å². The van der Waals surface area contributed by atoms with Crippen LogP contribution >= 0.6 is 0 Å². The maximum atomic E-state index is 6.42. The summed E-state index contributed by atoms with van der Waals surface area (Å²) in [6.07, 6.45) is 9.01. The molecule has 1 atom stereocenters. The number of benzene rings is 2. The molecule has 1 spiro atoms. The summed E-state index contributed by atoms with van der Waals surface area (Å²) in [5.74, 6) is 1.55. The van der Waals surface area contributed by atoms with Gasteiger partial charge in [-0.1, -0.05) is 37.1 Å². The van der Waals surface area contributed by atoms with Crippen molar-refractivity contribution < 1.29 is 14.3 Å². The van der Waals surface area contributed by atoms with Crippen LogP contribution < -0.4 is 15.0 Å². The number of methoxy groups -OCH3 is 1. The fourth-order valence-electron chi connectivity index (χ4n) is 4.57. The molecule has 5 rings (SSSR count). The normalized spacial score (nSPS) is 22.4. The molecule has 1 heterocycles. The zero-order valence-corrected chi connectivity index (χ0v) is 15.7. The Kier molecular flexibility index (Phi) is 4.09. The molecule has 27 heavy (non-hydrogen) atoms. The Labute approximate surface area is 160 Å². The summed E-state index contributed by atoms with van der Waals surface area (Å²) in [7, 11) is 1.69. The number of hydrogen-bond acceptors (Lipinski definition) is 4. The Morgan fingerprint density at radius 3 is 2.78 bits per heavy atom. The van der Waals surface area contributed by atoms with Crippen molar-refractivity contribution in [1.29, 1.82) is 0 Å². The summed E-state index contributed by atoms with van der Waals surface area (Å²) in [5, 5.41) is 0. The molecule has 4 heteroatoms. The van der Waals surface area contributed by atoms with Crippen molar-refractivity contribution >= 4 is 5.70 Å². The van der Waals surface area contributed by atoms with Gasteiger partial charge >= 0.3 is 0 Å². The Balaban J connectivity index is 1.44. The average molecular weight is 363 g/mol. The number of nitrogens with one attached hydrogen (secondary N) is 1. The largest absolute Gasteiger partial charge is 0.493 e. The van der Waals surface area contributed by atoms with Gasteiger partial charge in [-0.25, -0.2) is 0 Å². The van der Waals surface area contributed by atoms with Crippen LogP contribution in [0.15, 0.2) is 48.5 Å². The fourth-order valence-corrected chi connectivity index (χ4v) is 4.57. The maximum absolute atomic E-state index is 6.42. The van der Waals surface area contributed by atoms with Gasteiger partial charge in [0, 0.05) is 5.56 Å². The SMILES string of the molecule is COc1ccc(C2=CC3(CCCC3)ON2)cc1OC1CCc2ccccc21. The zero-order valence-electron chi connectivity index (χ0n) is 15.7. The fraction of sp³-hybridized carbons (Fsp3) is 0.391. The van der Waals surface area contributed by atoms with Crippen molar-refractivity contribution in [2.75, 3.05) is 7.11 Å². The van der Waals surface area contributed by atoms with E-state index in [9.17, 15) is 0 Å². The minimum absolute atomic E-state index is 0.0771. The minimum atomic E-state index is -0.124. The Hall–Kier alpha value is -2.46. The Morgan fingerprint density at radius 1 is 1.07 bits per heavy atom. The lowest BCUT2D eigenvalue weighted by Crippen LogP contribution is -2.25. The molecular weight excluding hydrogens is 338 g/mol. The smallest absolute Gasteiger partial charge is 0.162 e. The number of hydrogen-bond donors (Lipinski definition) is 1. The highest BCUT2D eigenvalue weighted by molar-refractivity contribution is 5.68. The van der Waals surface area contributed by atoms with Crippen LogP contribution in [0.5, 0.6) is 11.5 Å². The molecule has 2 aliphatic carbocycles. The molecule has 1 aliphatic heterocycles. The van der Waals surface area contributed by atoms with Gasteiger partial charge in [-0.15, -0.1) is 0 Å². The molecule has 1 saturated carbocycles. The summed E-state index contributed by atoms with van der Waals surface area (Å²) < 4.78 is 12.0. The molecule has 140 valence electrons. The van der Waals surface area contributed by atoms with Crippen LogP contribution in [0.4, 0.5) is 0 Å². The molecule has 1 unspecified atom stereocenters. The topological polar surface area (TPSA) is 39.7 Å². The summed E-state index contributed by atoms with van der Waals surface area (Å²) in [6, 6.07) is 14.6. The molecule has 2 aromatic carbocycles. The number of ether oxygens (including phenoxy) is 2. The van der Waals surface area contributed by atoms with Crippen molar-refractivity contribution in [2.45, 2.75) is 50.2 Å². The summed E-state index contributed by atoms with van der Waals surface area (Å²) in [4.78, 5) is 5.93. The monoisotopic (exact) mass is 363 g/mol. The van der Waals surface area contributed by atoms with Gasteiger partial charge in [-0.2, -0.15) is 0 Å². The van der Waals surface area contributed by atoms with Gasteiger partial charge in [0.25, 0.3) is 0 Å². The molecule has 0 bridgehead atoms. The third-order valence-corrected chi connectivity index (χ3v) is 6.04. The first-order valence-corrected chi connectivity index (χ1v) is 9.86. The van der Waals surface area contributed by atoms with E-state index in [0.717, 1.165) is 48.4 Å². The standard InChI is InChI=1S/C23H25NO3/c1-25-21-11-9-17(19-15-23(27-24-19)12-4-5-13-23)14-22(21)26-20-10-8-16-6-2-3-7-18(16)20/h2-3,6-7,9,11,14-15,20,24H,4-5,8,10,12-13H2,1H3. The molecule has 1 N–H and O–H groups in total. The van der Waals surface area contributed by atoms with E-state index in [0.29, 0.717) is 0 Å². The van der Waals surface area contributed by atoms with Gasteiger partial charge in [0.1, 0.15) is 11.7 Å². The predicted octanol–water partition coefficient (Wildman–Crippen LogP) is 4.95. The number of hydroxylamine groups is 1. The van der Waals surface area contributed by atoms with E-state index in [2.05, 4.69) is 48.0 Å².